The van der Waals surface area contributed by atoms with Gasteiger partial charge in [-0.05, 0) is 34.6 Å². The van der Waals surface area contributed by atoms with Crippen molar-refractivity contribution in [2.75, 3.05) is 6.54 Å². The number of hydroxylamine groups is 1. The lowest BCUT2D eigenvalue weighted by Crippen LogP contribution is -2.48. The summed E-state index contributed by atoms with van der Waals surface area (Å²) in [5.74, 6) is -0.786. The van der Waals surface area contributed by atoms with Crippen molar-refractivity contribution in [3.8, 4) is 0 Å². The fourth-order valence-corrected chi connectivity index (χ4v) is 1.63. The van der Waals surface area contributed by atoms with Gasteiger partial charge in [0.2, 0.25) is 0 Å². The molecule has 0 aliphatic carbocycles. The zero-order chi connectivity index (χ0) is 18.4. The van der Waals surface area contributed by atoms with Crippen molar-refractivity contribution in [3.63, 3.8) is 0 Å². The van der Waals surface area contributed by atoms with Crippen molar-refractivity contribution in [1.29, 1.82) is 0 Å². The minimum absolute atomic E-state index is 0.456. The number of rotatable bonds is 7. The molecule has 4 atom stereocenters. The normalized spacial score (nSPS) is 16.9. The Labute approximate surface area is 152 Å². The molecule has 10 heteroatoms. The van der Waals surface area contributed by atoms with Crippen LogP contribution < -0.4 is 5.48 Å². The first-order valence-electron chi connectivity index (χ1n) is 6.94. The monoisotopic (exact) mass is 462 g/mol. The first-order chi connectivity index (χ1) is 10.3. The van der Waals surface area contributed by atoms with Crippen LogP contribution in [-0.2, 0) is 14.4 Å². The van der Waals surface area contributed by atoms with Gasteiger partial charge in [-0.25, -0.2) is 9.59 Å². The number of aliphatic hydroxyl groups is 2. The number of carbonyl (C=O) groups is 2. The third kappa shape index (κ3) is 9.46. The van der Waals surface area contributed by atoms with Crippen molar-refractivity contribution in [1.82, 2.24) is 10.4 Å². The van der Waals surface area contributed by atoms with Gasteiger partial charge in [-0.3, -0.25) is 4.90 Å². The predicted octanol–water partition coefficient (Wildman–Crippen LogP) is 1.47. The Bertz CT molecular complexity index is 400. The zero-order valence-electron chi connectivity index (χ0n) is 13.7. The van der Waals surface area contributed by atoms with Gasteiger partial charge in [0.15, 0.2) is 0 Å². The minimum atomic E-state index is -0.940. The van der Waals surface area contributed by atoms with E-state index in [1.54, 1.807) is 20.8 Å². The fourth-order valence-electron chi connectivity index (χ4n) is 1.23. The highest BCUT2D eigenvalue weighted by molar-refractivity contribution is 9.09. The quantitative estimate of drug-likeness (QED) is 0.298. The van der Waals surface area contributed by atoms with E-state index < -0.39 is 46.3 Å². The molecule has 0 fully saturated rings. The summed E-state index contributed by atoms with van der Waals surface area (Å²) in [4.78, 5) is 28.3. The number of hydrogen-bond acceptors (Lipinski definition) is 7. The van der Waals surface area contributed by atoms with Gasteiger partial charge in [-0.15, -0.1) is 5.48 Å². The summed E-state index contributed by atoms with van der Waals surface area (Å²) in [6.07, 6.45) is -2.51. The number of nitrogens with zero attached hydrogens (tertiary/aromatic N) is 1. The van der Waals surface area contributed by atoms with Gasteiger partial charge in [0.1, 0.15) is 22.0 Å². The Hall–Kier alpha value is -0.420. The SMILES string of the molecule is CC(O)C(Br)NOC(=O)CN(C(=O)OC(C)(C)C)C(Br)C(C)O. The summed E-state index contributed by atoms with van der Waals surface area (Å²) in [6, 6.07) is 0. The van der Waals surface area contributed by atoms with Gasteiger partial charge in [-0.2, -0.15) is 0 Å². The lowest BCUT2D eigenvalue weighted by Gasteiger charge is -2.31. The van der Waals surface area contributed by atoms with Crippen molar-refractivity contribution in [2.24, 2.45) is 0 Å². The zero-order valence-corrected chi connectivity index (χ0v) is 16.9. The summed E-state index contributed by atoms with van der Waals surface area (Å²) < 4.78 is 5.20. The molecule has 0 aromatic carbocycles. The molecule has 0 saturated heterocycles. The van der Waals surface area contributed by atoms with E-state index in [4.69, 9.17) is 9.57 Å². The Morgan fingerprint density at radius 3 is 2.09 bits per heavy atom. The maximum atomic E-state index is 12.2. The Morgan fingerprint density at radius 1 is 1.17 bits per heavy atom. The van der Waals surface area contributed by atoms with E-state index in [1.807, 2.05) is 0 Å². The number of amides is 1. The Morgan fingerprint density at radius 2 is 1.70 bits per heavy atom. The number of halogens is 2. The molecule has 0 heterocycles. The van der Waals surface area contributed by atoms with Crippen LogP contribution in [0.5, 0.6) is 0 Å². The van der Waals surface area contributed by atoms with Crippen molar-refractivity contribution in [3.05, 3.63) is 0 Å². The van der Waals surface area contributed by atoms with Crippen molar-refractivity contribution in [2.45, 2.75) is 62.3 Å². The average molecular weight is 464 g/mol. The summed E-state index contributed by atoms with van der Waals surface area (Å²) in [5, 5.41) is 18.9. The highest BCUT2D eigenvalue weighted by Gasteiger charge is 2.32. The molecule has 3 N–H and O–H groups in total. The molecule has 0 aromatic rings. The number of nitrogens with one attached hydrogen (secondary N) is 1. The smallest absolute Gasteiger partial charge is 0.411 e. The van der Waals surface area contributed by atoms with Crippen LogP contribution in [-0.4, -0.2) is 61.4 Å². The summed E-state index contributed by atoms with van der Waals surface area (Å²) in [6.45, 7) is 7.56. The van der Waals surface area contributed by atoms with Crippen LogP contribution in [0.15, 0.2) is 0 Å². The van der Waals surface area contributed by atoms with E-state index in [9.17, 15) is 19.8 Å². The highest BCUT2D eigenvalue weighted by atomic mass is 79.9. The van der Waals surface area contributed by atoms with E-state index >= 15 is 0 Å². The molecular formula is C13H24Br2N2O6. The molecule has 0 bridgehead atoms. The number of aliphatic hydroxyl groups excluding tert-OH is 2. The molecule has 0 radical (unpaired) electrons. The third-order valence-electron chi connectivity index (χ3n) is 2.33. The first kappa shape index (κ1) is 22.6. The van der Waals surface area contributed by atoms with Crippen LogP contribution in [0.1, 0.15) is 34.6 Å². The second-order valence-electron chi connectivity index (χ2n) is 5.96. The number of carbonyl (C=O) groups excluding carboxylic acids is 2. The standard InChI is InChI=1S/C13H24Br2N2O6/c1-7(18)10(14)16-23-9(20)6-17(11(15)8(2)19)12(21)22-13(3,4)5/h7-8,10-11,16,18-19H,6H2,1-5H3. The lowest BCUT2D eigenvalue weighted by molar-refractivity contribution is -0.154. The molecule has 0 aliphatic heterocycles. The fraction of sp³-hybridized carbons (Fsp3) is 0.846. The van der Waals surface area contributed by atoms with Crippen molar-refractivity contribution >= 4 is 43.9 Å². The second kappa shape index (κ2) is 9.77. The van der Waals surface area contributed by atoms with Gasteiger partial charge in [0.25, 0.3) is 0 Å². The average Bonchev–Trinajstić information content (AvgIpc) is 2.38. The summed E-state index contributed by atoms with van der Waals surface area (Å²) >= 11 is 6.21. The second-order valence-corrected chi connectivity index (χ2v) is 7.88. The van der Waals surface area contributed by atoms with Crippen LogP contribution >= 0.6 is 31.9 Å². The molecule has 136 valence electrons. The number of ether oxygens (including phenoxy) is 1. The third-order valence-corrected chi connectivity index (χ3v) is 4.54. The van der Waals surface area contributed by atoms with Crippen LogP contribution in [0, 0.1) is 0 Å². The van der Waals surface area contributed by atoms with E-state index in [-0.39, 0.29) is 0 Å². The van der Waals surface area contributed by atoms with Crippen LogP contribution in [0.25, 0.3) is 0 Å². The largest absolute Gasteiger partial charge is 0.444 e. The van der Waals surface area contributed by atoms with E-state index in [0.29, 0.717) is 0 Å². The van der Waals surface area contributed by atoms with Gasteiger partial charge < -0.3 is 19.8 Å². The molecule has 0 saturated carbocycles. The van der Waals surface area contributed by atoms with E-state index in [2.05, 4.69) is 37.3 Å². The van der Waals surface area contributed by atoms with Crippen LogP contribution in [0.4, 0.5) is 4.79 Å². The van der Waals surface area contributed by atoms with Gasteiger partial charge in [0, 0.05) is 0 Å². The molecular weight excluding hydrogens is 440 g/mol. The first-order valence-corrected chi connectivity index (χ1v) is 8.77. The molecule has 4 unspecified atom stereocenters. The van der Waals surface area contributed by atoms with Gasteiger partial charge in [-0.1, -0.05) is 31.9 Å². The van der Waals surface area contributed by atoms with Crippen LogP contribution in [0.2, 0.25) is 0 Å². The highest BCUT2D eigenvalue weighted by Crippen LogP contribution is 2.17. The molecule has 0 aromatic heterocycles. The molecule has 23 heavy (non-hydrogen) atoms. The van der Waals surface area contributed by atoms with Crippen LogP contribution in [0.3, 0.4) is 0 Å². The minimum Gasteiger partial charge on any atom is -0.444 e. The maximum Gasteiger partial charge on any atom is 0.411 e. The van der Waals surface area contributed by atoms with E-state index in [1.165, 1.54) is 13.8 Å². The number of alkyl halides is 2. The topological polar surface area (TPSA) is 108 Å². The Balaban J connectivity index is 4.82. The van der Waals surface area contributed by atoms with Gasteiger partial charge >= 0.3 is 12.1 Å². The molecule has 0 spiro atoms. The number of hydrogen-bond donors (Lipinski definition) is 3. The predicted molar refractivity (Wildman–Crippen MR) is 91.0 cm³/mol. The molecule has 0 aliphatic rings. The maximum absolute atomic E-state index is 12.2. The van der Waals surface area contributed by atoms with E-state index in [0.717, 1.165) is 4.90 Å². The molecule has 0 rings (SSSR count). The summed E-state index contributed by atoms with van der Waals surface area (Å²) in [5.41, 5.74) is 1.55. The summed E-state index contributed by atoms with van der Waals surface area (Å²) in [7, 11) is 0. The Kier molecular flexibility index (Phi) is 9.60. The molecule has 8 nitrogen and oxygen atoms in total. The lowest BCUT2D eigenvalue weighted by atomic mass is 10.2. The van der Waals surface area contributed by atoms with Gasteiger partial charge in [0.05, 0.1) is 12.2 Å². The van der Waals surface area contributed by atoms with Crippen molar-refractivity contribution < 1.29 is 29.4 Å². The molecule has 1 amide bonds.